The Morgan fingerprint density at radius 1 is 1.09 bits per heavy atom. The summed E-state index contributed by atoms with van der Waals surface area (Å²) in [4.78, 5) is 25.5. The molecule has 1 aliphatic heterocycles. The number of piperidine rings is 1. The molecule has 1 aromatic carbocycles. The van der Waals surface area contributed by atoms with Crippen LogP contribution in [0.25, 0.3) is 10.9 Å². The molecule has 1 N–H and O–H groups in total. The normalized spacial score (nSPS) is 18.6. The fraction of sp³-hybridized carbons (Fsp3) is 0.481. The van der Waals surface area contributed by atoms with Gasteiger partial charge in [-0.1, -0.05) is 25.3 Å². The molecule has 2 fully saturated rings. The number of halogens is 1. The number of anilines is 1. The monoisotopic (exact) mass is 448 g/mol. The summed E-state index contributed by atoms with van der Waals surface area (Å²) in [6, 6.07) is 10.8. The first-order chi connectivity index (χ1) is 16.2. The Morgan fingerprint density at radius 2 is 1.91 bits per heavy atom. The van der Waals surface area contributed by atoms with Crippen LogP contribution < -0.4 is 4.90 Å². The maximum absolute atomic E-state index is 13.8. The van der Waals surface area contributed by atoms with Gasteiger partial charge in [0.15, 0.2) is 0 Å². The Morgan fingerprint density at radius 3 is 2.67 bits per heavy atom. The Labute approximate surface area is 195 Å². The fourth-order valence-electron chi connectivity index (χ4n) is 5.58. The van der Waals surface area contributed by atoms with Crippen molar-refractivity contribution in [1.82, 2.24) is 14.9 Å². The summed E-state index contributed by atoms with van der Waals surface area (Å²) in [6.07, 6.45) is 11.5. The lowest BCUT2D eigenvalue weighted by atomic mass is 9.88. The van der Waals surface area contributed by atoms with Gasteiger partial charge in [0, 0.05) is 42.3 Å². The van der Waals surface area contributed by atoms with E-state index in [4.69, 9.17) is 0 Å². The first-order valence-corrected chi connectivity index (χ1v) is 12.4. The molecule has 0 unspecified atom stereocenters. The first kappa shape index (κ1) is 22.1. The number of nitrogens with zero attached hydrogens (tertiary/aromatic N) is 3. The summed E-state index contributed by atoms with van der Waals surface area (Å²) in [5, 5.41) is 1.01. The van der Waals surface area contributed by atoms with E-state index >= 15 is 0 Å². The molecule has 2 aliphatic rings. The predicted octanol–water partition coefficient (Wildman–Crippen LogP) is 5.49. The van der Waals surface area contributed by atoms with E-state index in [-0.39, 0.29) is 17.6 Å². The van der Waals surface area contributed by atoms with Crippen molar-refractivity contribution >= 4 is 22.6 Å². The van der Waals surface area contributed by atoms with Gasteiger partial charge in [-0.15, -0.1) is 0 Å². The van der Waals surface area contributed by atoms with E-state index in [1.807, 2.05) is 29.2 Å². The van der Waals surface area contributed by atoms with Crippen molar-refractivity contribution in [3.8, 4) is 0 Å². The SMILES string of the molecule is O=C(C1CCCCC1)N(CCN1CCC(c2c[nH]c3ccc(F)cc23)CC1)c1ccccn1. The molecule has 3 aromatic rings. The molecule has 0 spiro atoms. The summed E-state index contributed by atoms with van der Waals surface area (Å²) in [5.74, 6) is 1.40. The van der Waals surface area contributed by atoms with Crippen LogP contribution in [0, 0.1) is 11.7 Å². The van der Waals surface area contributed by atoms with Gasteiger partial charge in [-0.05, 0) is 80.6 Å². The van der Waals surface area contributed by atoms with Gasteiger partial charge in [0.2, 0.25) is 5.91 Å². The topological polar surface area (TPSA) is 52.2 Å². The van der Waals surface area contributed by atoms with E-state index in [0.717, 1.165) is 74.9 Å². The molecule has 0 bridgehead atoms. The third-order valence-corrected chi connectivity index (χ3v) is 7.49. The number of hydrogen-bond acceptors (Lipinski definition) is 3. The number of benzene rings is 1. The van der Waals surface area contributed by atoms with E-state index < -0.39 is 0 Å². The first-order valence-electron chi connectivity index (χ1n) is 12.4. The number of aromatic nitrogens is 2. The highest BCUT2D eigenvalue weighted by atomic mass is 19.1. The van der Waals surface area contributed by atoms with Gasteiger partial charge in [-0.3, -0.25) is 9.69 Å². The fourth-order valence-corrected chi connectivity index (χ4v) is 5.58. The lowest BCUT2D eigenvalue weighted by molar-refractivity contribution is -0.123. The van der Waals surface area contributed by atoms with E-state index in [9.17, 15) is 9.18 Å². The number of hydrogen-bond donors (Lipinski definition) is 1. The van der Waals surface area contributed by atoms with Crippen LogP contribution in [0.4, 0.5) is 10.2 Å². The zero-order chi connectivity index (χ0) is 22.6. The van der Waals surface area contributed by atoms with E-state index in [1.165, 1.54) is 18.1 Å². The maximum Gasteiger partial charge on any atom is 0.231 e. The smallest absolute Gasteiger partial charge is 0.231 e. The summed E-state index contributed by atoms with van der Waals surface area (Å²) in [5.41, 5.74) is 2.23. The number of amides is 1. The maximum atomic E-state index is 13.8. The number of fused-ring (bicyclic) bond motifs is 1. The Bertz CT molecular complexity index is 1070. The van der Waals surface area contributed by atoms with Crippen LogP contribution in [0.1, 0.15) is 56.4 Å². The van der Waals surface area contributed by atoms with Crippen molar-refractivity contribution in [3.05, 3.63) is 60.2 Å². The largest absolute Gasteiger partial charge is 0.361 e. The van der Waals surface area contributed by atoms with Gasteiger partial charge in [0.05, 0.1) is 0 Å². The number of likely N-dealkylation sites (tertiary alicyclic amines) is 1. The lowest BCUT2D eigenvalue weighted by Gasteiger charge is -2.34. The average Bonchev–Trinajstić information content (AvgIpc) is 3.28. The minimum atomic E-state index is -0.182. The molecular formula is C27H33FN4O. The number of nitrogens with one attached hydrogen (secondary N) is 1. The Kier molecular flexibility index (Phi) is 6.72. The van der Waals surface area contributed by atoms with Crippen molar-refractivity contribution in [2.24, 2.45) is 5.92 Å². The highest BCUT2D eigenvalue weighted by Crippen LogP contribution is 2.33. The van der Waals surface area contributed by atoms with Crippen LogP contribution in [0.5, 0.6) is 0 Å². The van der Waals surface area contributed by atoms with E-state index in [2.05, 4.69) is 21.1 Å². The quantitative estimate of drug-likeness (QED) is 0.542. The summed E-state index contributed by atoms with van der Waals surface area (Å²) in [6.45, 7) is 3.50. The second-order valence-corrected chi connectivity index (χ2v) is 9.56. The van der Waals surface area contributed by atoms with Gasteiger partial charge in [-0.2, -0.15) is 0 Å². The number of H-pyrrole nitrogens is 1. The number of carbonyl (C=O) groups is 1. The predicted molar refractivity (Wildman–Crippen MR) is 130 cm³/mol. The highest BCUT2D eigenvalue weighted by molar-refractivity contribution is 5.94. The van der Waals surface area contributed by atoms with Gasteiger partial charge >= 0.3 is 0 Å². The second kappa shape index (κ2) is 10.0. The van der Waals surface area contributed by atoms with Crippen LogP contribution in [-0.2, 0) is 4.79 Å². The molecule has 5 rings (SSSR count). The summed E-state index contributed by atoms with van der Waals surface area (Å²) in [7, 11) is 0. The van der Waals surface area contributed by atoms with Gasteiger partial charge in [-0.25, -0.2) is 9.37 Å². The second-order valence-electron chi connectivity index (χ2n) is 9.56. The number of carbonyl (C=O) groups excluding carboxylic acids is 1. The van der Waals surface area contributed by atoms with Crippen molar-refractivity contribution in [1.29, 1.82) is 0 Å². The van der Waals surface area contributed by atoms with Crippen LogP contribution >= 0.6 is 0 Å². The highest BCUT2D eigenvalue weighted by Gasteiger charge is 2.29. The average molecular weight is 449 g/mol. The molecule has 3 heterocycles. The number of pyridine rings is 1. The molecule has 1 amide bonds. The van der Waals surface area contributed by atoms with Crippen molar-refractivity contribution in [3.63, 3.8) is 0 Å². The zero-order valence-electron chi connectivity index (χ0n) is 19.2. The minimum Gasteiger partial charge on any atom is -0.361 e. The Hall–Kier alpha value is -2.73. The molecule has 6 heteroatoms. The van der Waals surface area contributed by atoms with E-state index in [1.54, 1.807) is 12.3 Å². The molecule has 0 atom stereocenters. The summed E-state index contributed by atoms with van der Waals surface area (Å²) >= 11 is 0. The molecule has 1 aliphatic carbocycles. The van der Waals surface area contributed by atoms with Gasteiger partial charge in [0.1, 0.15) is 11.6 Å². The van der Waals surface area contributed by atoms with Crippen molar-refractivity contribution in [2.75, 3.05) is 31.1 Å². The minimum absolute atomic E-state index is 0.133. The summed E-state index contributed by atoms with van der Waals surface area (Å²) < 4.78 is 13.8. The standard InChI is InChI=1S/C27H33FN4O/c28-22-9-10-25-23(18-22)24(19-30-25)20-11-14-31(15-12-20)16-17-32(26-8-4-5-13-29-26)27(33)21-6-2-1-3-7-21/h4-5,8-10,13,18-21,30H,1-3,6-7,11-12,14-17H2. The van der Waals surface area contributed by atoms with Crippen LogP contribution in [0.2, 0.25) is 0 Å². The third-order valence-electron chi connectivity index (χ3n) is 7.49. The number of aromatic amines is 1. The van der Waals surface area contributed by atoms with Crippen LogP contribution in [0.15, 0.2) is 48.8 Å². The molecule has 2 aromatic heterocycles. The zero-order valence-corrected chi connectivity index (χ0v) is 19.2. The Balaban J connectivity index is 1.21. The van der Waals surface area contributed by atoms with Crippen LogP contribution in [-0.4, -0.2) is 47.0 Å². The lowest BCUT2D eigenvalue weighted by Crippen LogP contribution is -2.44. The van der Waals surface area contributed by atoms with Gasteiger partial charge < -0.3 is 9.88 Å². The molecular weight excluding hydrogens is 415 g/mol. The van der Waals surface area contributed by atoms with Gasteiger partial charge in [0.25, 0.3) is 0 Å². The molecule has 1 saturated heterocycles. The molecule has 5 nitrogen and oxygen atoms in total. The molecule has 1 saturated carbocycles. The van der Waals surface area contributed by atoms with E-state index in [0.29, 0.717) is 12.5 Å². The van der Waals surface area contributed by atoms with Crippen LogP contribution in [0.3, 0.4) is 0 Å². The third kappa shape index (κ3) is 4.96. The molecule has 33 heavy (non-hydrogen) atoms. The molecule has 0 radical (unpaired) electrons. The molecule has 174 valence electrons. The van der Waals surface area contributed by atoms with Crippen molar-refractivity contribution < 1.29 is 9.18 Å². The number of rotatable bonds is 6. The van der Waals surface area contributed by atoms with Crippen molar-refractivity contribution in [2.45, 2.75) is 50.9 Å².